The van der Waals surface area contributed by atoms with Crippen molar-refractivity contribution in [2.45, 2.75) is 19.3 Å². The zero-order valence-corrected chi connectivity index (χ0v) is 9.88. The second-order valence-corrected chi connectivity index (χ2v) is 4.79. The Morgan fingerprint density at radius 3 is 2.28 bits per heavy atom. The lowest BCUT2D eigenvalue weighted by molar-refractivity contribution is -0.150. The van der Waals surface area contributed by atoms with Crippen LogP contribution in [0.4, 0.5) is 8.78 Å². The molecule has 18 heavy (non-hydrogen) atoms. The molecule has 0 bridgehead atoms. The van der Waals surface area contributed by atoms with E-state index in [0.717, 1.165) is 6.07 Å². The number of halogens is 2. The standard InChI is InChI=1S/C13H15F2NO2/c14-10-5-9(6-11(15)7-10)8-13(12(17)18)1-3-16-4-2-13/h5-7,16H,1-4,8H2,(H,17,18). The van der Waals surface area contributed by atoms with Gasteiger partial charge in [0.25, 0.3) is 0 Å². The van der Waals surface area contributed by atoms with Crippen molar-refractivity contribution in [1.82, 2.24) is 5.32 Å². The molecule has 5 heteroatoms. The molecule has 1 aliphatic rings. The van der Waals surface area contributed by atoms with Crippen molar-refractivity contribution in [2.75, 3.05) is 13.1 Å². The van der Waals surface area contributed by atoms with E-state index in [1.54, 1.807) is 0 Å². The van der Waals surface area contributed by atoms with E-state index in [1.165, 1.54) is 12.1 Å². The molecule has 2 N–H and O–H groups in total. The van der Waals surface area contributed by atoms with Gasteiger partial charge in [0.15, 0.2) is 0 Å². The van der Waals surface area contributed by atoms with Crippen molar-refractivity contribution in [2.24, 2.45) is 5.41 Å². The summed E-state index contributed by atoms with van der Waals surface area (Å²) < 4.78 is 26.2. The molecule has 0 aromatic heterocycles. The molecule has 1 aromatic rings. The van der Waals surface area contributed by atoms with Gasteiger partial charge in [-0.25, -0.2) is 8.78 Å². The molecule has 0 saturated carbocycles. The molecule has 0 atom stereocenters. The highest BCUT2D eigenvalue weighted by atomic mass is 19.1. The Hall–Kier alpha value is -1.49. The maximum absolute atomic E-state index is 13.1. The fourth-order valence-corrected chi connectivity index (χ4v) is 2.48. The topological polar surface area (TPSA) is 49.3 Å². The number of carbonyl (C=O) groups is 1. The van der Waals surface area contributed by atoms with Gasteiger partial charge in [0.05, 0.1) is 5.41 Å². The van der Waals surface area contributed by atoms with Gasteiger partial charge in [0.1, 0.15) is 11.6 Å². The van der Waals surface area contributed by atoms with Gasteiger partial charge >= 0.3 is 5.97 Å². The van der Waals surface area contributed by atoms with Gasteiger partial charge in [-0.2, -0.15) is 0 Å². The van der Waals surface area contributed by atoms with Crippen LogP contribution in [0.3, 0.4) is 0 Å². The lowest BCUT2D eigenvalue weighted by Gasteiger charge is -2.33. The van der Waals surface area contributed by atoms with Gasteiger partial charge in [0.2, 0.25) is 0 Å². The molecule has 98 valence electrons. The van der Waals surface area contributed by atoms with Gasteiger partial charge < -0.3 is 10.4 Å². The van der Waals surface area contributed by atoms with Crippen LogP contribution in [0.15, 0.2) is 18.2 Å². The highest BCUT2D eigenvalue weighted by Crippen LogP contribution is 2.33. The fraction of sp³-hybridized carbons (Fsp3) is 0.462. The predicted molar refractivity (Wildman–Crippen MR) is 62.2 cm³/mol. The number of hydrogen-bond donors (Lipinski definition) is 2. The number of carboxylic acids is 1. The van der Waals surface area contributed by atoms with Crippen LogP contribution in [-0.2, 0) is 11.2 Å². The quantitative estimate of drug-likeness (QED) is 0.868. The van der Waals surface area contributed by atoms with Crippen molar-refractivity contribution in [3.8, 4) is 0 Å². The summed E-state index contributed by atoms with van der Waals surface area (Å²) in [7, 11) is 0. The average molecular weight is 255 g/mol. The molecule has 3 nitrogen and oxygen atoms in total. The smallest absolute Gasteiger partial charge is 0.310 e. The number of hydrogen-bond acceptors (Lipinski definition) is 2. The number of carboxylic acid groups (broad SMARTS) is 1. The summed E-state index contributed by atoms with van der Waals surface area (Å²) in [6, 6.07) is 3.20. The Bertz CT molecular complexity index is 436. The van der Waals surface area contributed by atoms with Crippen LogP contribution in [0.2, 0.25) is 0 Å². The summed E-state index contributed by atoms with van der Waals surface area (Å²) in [5.41, 5.74) is -0.511. The maximum atomic E-state index is 13.1. The summed E-state index contributed by atoms with van der Waals surface area (Å²) in [4.78, 5) is 11.4. The van der Waals surface area contributed by atoms with Gasteiger partial charge in [-0.3, -0.25) is 4.79 Å². The first-order valence-electron chi connectivity index (χ1n) is 5.91. The van der Waals surface area contributed by atoms with Crippen molar-refractivity contribution in [3.63, 3.8) is 0 Å². The van der Waals surface area contributed by atoms with E-state index in [1.807, 2.05) is 0 Å². The molecule has 0 aliphatic carbocycles. The number of nitrogens with one attached hydrogen (secondary N) is 1. The summed E-state index contributed by atoms with van der Waals surface area (Å²) in [6.07, 6.45) is 1.11. The zero-order chi connectivity index (χ0) is 13.2. The van der Waals surface area contributed by atoms with E-state index >= 15 is 0 Å². The van der Waals surface area contributed by atoms with E-state index in [-0.39, 0.29) is 6.42 Å². The normalized spacial score (nSPS) is 18.6. The first-order valence-corrected chi connectivity index (χ1v) is 5.91. The van der Waals surface area contributed by atoms with E-state index in [4.69, 9.17) is 0 Å². The van der Waals surface area contributed by atoms with Gasteiger partial charge in [-0.1, -0.05) is 0 Å². The van der Waals surface area contributed by atoms with Crippen molar-refractivity contribution >= 4 is 5.97 Å². The predicted octanol–water partition coefficient (Wildman–Crippen LogP) is 1.96. The second kappa shape index (κ2) is 5.02. The second-order valence-electron chi connectivity index (χ2n) is 4.79. The van der Waals surface area contributed by atoms with Crippen LogP contribution < -0.4 is 5.32 Å². The Morgan fingerprint density at radius 2 is 1.78 bits per heavy atom. The Morgan fingerprint density at radius 1 is 1.22 bits per heavy atom. The lowest BCUT2D eigenvalue weighted by atomic mass is 9.74. The molecule has 0 amide bonds. The van der Waals surface area contributed by atoms with E-state index in [0.29, 0.717) is 31.5 Å². The molecule has 0 radical (unpaired) electrons. The molecule has 0 spiro atoms. The highest BCUT2D eigenvalue weighted by molar-refractivity contribution is 5.75. The molecule has 1 aliphatic heterocycles. The van der Waals surface area contributed by atoms with Crippen LogP contribution in [0.25, 0.3) is 0 Å². The Kier molecular flexibility index (Phi) is 3.61. The van der Waals surface area contributed by atoms with Crippen LogP contribution >= 0.6 is 0 Å². The summed E-state index contributed by atoms with van der Waals surface area (Å²) in [5.74, 6) is -2.23. The summed E-state index contributed by atoms with van der Waals surface area (Å²) in [6.45, 7) is 1.23. The zero-order valence-electron chi connectivity index (χ0n) is 9.88. The maximum Gasteiger partial charge on any atom is 0.310 e. The lowest BCUT2D eigenvalue weighted by Crippen LogP contribution is -2.43. The first kappa shape index (κ1) is 13.0. The minimum atomic E-state index is -0.911. The third-order valence-corrected chi connectivity index (χ3v) is 3.48. The molecular formula is C13H15F2NO2. The number of benzene rings is 1. The molecule has 1 fully saturated rings. The van der Waals surface area contributed by atoms with Gasteiger partial charge in [-0.15, -0.1) is 0 Å². The van der Waals surface area contributed by atoms with Crippen molar-refractivity contribution in [3.05, 3.63) is 35.4 Å². The highest BCUT2D eigenvalue weighted by Gasteiger charge is 2.39. The number of aliphatic carboxylic acids is 1. The third-order valence-electron chi connectivity index (χ3n) is 3.48. The summed E-state index contributed by atoms with van der Waals surface area (Å²) >= 11 is 0. The van der Waals surface area contributed by atoms with Crippen LogP contribution in [-0.4, -0.2) is 24.2 Å². The van der Waals surface area contributed by atoms with Crippen LogP contribution in [0.1, 0.15) is 18.4 Å². The summed E-state index contributed by atoms with van der Waals surface area (Å²) in [5, 5.41) is 12.5. The van der Waals surface area contributed by atoms with Crippen molar-refractivity contribution < 1.29 is 18.7 Å². The van der Waals surface area contributed by atoms with Crippen LogP contribution in [0.5, 0.6) is 0 Å². The average Bonchev–Trinajstić information content (AvgIpc) is 2.28. The van der Waals surface area contributed by atoms with Crippen LogP contribution in [0, 0.1) is 17.0 Å². The Labute approximate surface area is 104 Å². The Balaban J connectivity index is 2.25. The monoisotopic (exact) mass is 255 g/mol. The number of piperidine rings is 1. The van der Waals surface area contributed by atoms with Gasteiger partial charge in [-0.05, 0) is 50.0 Å². The first-order chi connectivity index (χ1) is 8.52. The van der Waals surface area contributed by atoms with E-state index < -0.39 is 23.0 Å². The molecular weight excluding hydrogens is 240 g/mol. The minimum absolute atomic E-state index is 0.165. The van der Waals surface area contributed by atoms with Gasteiger partial charge in [0, 0.05) is 6.07 Å². The molecule has 1 heterocycles. The molecule has 1 saturated heterocycles. The third kappa shape index (κ3) is 2.67. The number of rotatable bonds is 3. The van der Waals surface area contributed by atoms with Crippen molar-refractivity contribution in [1.29, 1.82) is 0 Å². The SMILES string of the molecule is O=C(O)C1(Cc2cc(F)cc(F)c2)CCNCC1. The van der Waals surface area contributed by atoms with E-state index in [9.17, 15) is 18.7 Å². The minimum Gasteiger partial charge on any atom is -0.481 e. The fourth-order valence-electron chi connectivity index (χ4n) is 2.48. The largest absolute Gasteiger partial charge is 0.481 e. The van der Waals surface area contributed by atoms with E-state index in [2.05, 4.69) is 5.32 Å². The molecule has 1 aromatic carbocycles. The molecule has 2 rings (SSSR count). The molecule has 0 unspecified atom stereocenters.